The average Bonchev–Trinajstić information content (AvgIpc) is 2.98. The summed E-state index contributed by atoms with van der Waals surface area (Å²) in [7, 11) is 0. The minimum Gasteiger partial charge on any atom is -0.459 e. The van der Waals surface area contributed by atoms with E-state index in [0.717, 1.165) is 6.42 Å². The molecule has 1 aromatic carbocycles. The van der Waals surface area contributed by atoms with Crippen LogP contribution in [0.2, 0.25) is 0 Å². The summed E-state index contributed by atoms with van der Waals surface area (Å²) >= 11 is 3.63. The van der Waals surface area contributed by atoms with Crippen molar-refractivity contribution < 1.29 is 9.21 Å². The molecule has 1 aliphatic rings. The molecule has 3 nitrogen and oxygen atoms in total. The smallest absolute Gasteiger partial charge is 0.287 e. The molecule has 3 rings (SSSR count). The van der Waals surface area contributed by atoms with E-state index in [-0.39, 0.29) is 16.8 Å². The fraction of sp³-hybridized carbons (Fsp3) is 0.214. The second kappa shape index (κ2) is 4.61. The Hall–Kier alpha value is -1.55. The lowest BCUT2D eigenvalue weighted by molar-refractivity contribution is 0.0910. The van der Waals surface area contributed by atoms with Crippen LogP contribution in [0.1, 0.15) is 27.7 Å². The lowest BCUT2D eigenvalue weighted by atomic mass is 10.1. The van der Waals surface area contributed by atoms with Crippen LogP contribution in [-0.2, 0) is 6.42 Å². The lowest BCUT2D eigenvalue weighted by Crippen LogP contribution is -2.31. The second-order valence-corrected chi connectivity index (χ2v) is 5.52. The van der Waals surface area contributed by atoms with E-state index < -0.39 is 0 Å². The number of fused-ring (bicyclic) bond motifs is 1. The van der Waals surface area contributed by atoms with Gasteiger partial charge in [-0.05, 0) is 29.7 Å². The van der Waals surface area contributed by atoms with E-state index in [1.807, 2.05) is 12.1 Å². The Balaban J connectivity index is 1.83. The highest BCUT2D eigenvalue weighted by Crippen LogP contribution is 2.35. The molecule has 0 bridgehead atoms. The van der Waals surface area contributed by atoms with Crippen molar-refractivity contribution in [1.82, 2.24) is 5.32 Å². The van der Waals surface area contributed by atoms with Gasteiger partial charge in [-0.15, -0.1) is 0 Å². The first-order valence-electron chi connectivity index (χ1n) is 5.82. The fourth-order valence-electron chi connectivity index (χ4n) is 2.33. The predicted octanol–water partition coefficient (Wildman–Crippen LogP) is 3.07. The summed E-state index contributed by atoms with van der Waals surface area (Å²) in [6, 6.07) is 11.6. The third kappa shape index (κ3) is 1.97. The Kier molecular flexibility index (Phi) is 2.96. The van der Waals surface area contributed by atoms with Gasteiger partial charge in [-0.3, -0.25) is 4.79 Å². The van der Waals surface area contributed by atoms with Gasteiger partial charge in [0.05, 0.1) is 12.3 Å². The number of halogens is 1. The molecule has 2 atom stereocenters. The first-order valence-corrected chi connectivity index (χ1v) is 6.73. The van der Waals surface area contributed by atoms with Gasteiger partial charge in [0, 0.05) is 4.83 Å². The summed E-state index contributed by atoms with van der Waals surface area (Å²) < 4.78 is 5.10. The summed E-state index contributed by atoms with van der Waals surface area (Å²) in [5, 5.41) is 3.01. The number of alkyl halides is 1. The first kappa shape index (κ1) is 11.5. The van der Waals surface area contributed by atoms with Crippen molar-refractivity contribution in [1.29, 1.82) is 0 Å². The predicted molar refractivity (Wildman–Crippen MR) is 71.8 cm³/mol. The molecule has 1 aromatic heterocycles. The van der Waals surface area contributed by atoms with Crippen LogP contribution in [0.5, 0.6) is 0 Å². The van der Waals surface area contributed by atoms with Gasteiger partial charge in [-0.1, -0.05) is 40.2 Å². The summed E-state index contributed by atoms with van der Waals surface area (Å²) in [6.45, 7) is 0. The average molecular weight is 306 g/mol. The quantitative estimate of drug-likeness (QED) is 0.867. The Morgan fingerprint density at radius 2 is 2.11 bits per heavy atom. The number of hydrogen-bond acceptors (Lipinski definition) is 2. The molecule has 2 aromatic rings. The number of amides is 1. The molecule has 92 valence electrons. The van der Waals surface area contributed by atoms with Crippen molar-refractivity contribution in [3.63, 3.8) is 0 Å². The van der Waals surface area contributed by atoms with Gasteiger partial charge in [0.15, 0.2) is 5.76 Å². The topological polar surface area (TPSA) is 42.2 Å². The van der Waals surface area contributed by atoms with Crippen molar-refractivity contribution in [3.8, 4) is 0 Å². The van der Waals surface area contributed by atoms with Crippen LogP contribution in [0.4, 0.5) is 0 Å². The maximum Gasteiger partial charge on any atom is 0.287 e. The number of rotatable bonds is 2. The van der Waals surface area contributed by atoms with E-state index in [1.54, 1.807) is 12.1 Å². The number of benzene rings is 1. The molecule has 0 saturated heterocycles. The SMILES string of the molecule is O=C(NC1c2ccccc2CC1Br)c1ccco1. The summed E-state index contributed by atoms with van der Waals surface area (Å²) in [5.41, 5.74) is 2.46. The minimum absolute atomic E-state index is 0.00111. The van der Waals surface area contributed by atoms with Crippen molar-refractivity contribution in [2.45, 2.75) is 17.3 Å². The Morgan fingerprint density at radius 1 is 1.28 bits per heavy atom. The highest BCUT2D eigenvalue weighted by Gasteiger charge is 2.32. The van der Waals surface area contributed by atoms with Crippen molar-refractivity contribution in [2.24, 2.45) is 0 Å². The largest absolute Gasteiger partial charge is 0.459 e. The molecule has 1 heterocycles. The van der Waals surface area contributed by atoms with Crippen LogP contribution >= 0.6 is 15.9 Å². The van der Waals surface area contributed by atoms with E-state index in [1.165, 1.54) is 17.4 Å². The molecule has 4 heteroatoms. The normalized spacial score (nSPS) is 21.6. The number of hydrogen-bond donors (Lipinski definition) is 1. The monoisotopic (exact) mass is 305 g/mol. The van der Waals surface area contributed by atoms with Gasteiger partial charge in [-0.25, -0.2) is 0 Å². The van der Waals surface area contributed by atoms with E-state index in [2.05, 4.69) is 33.4 Å². The van der Waals surface area contributed by atoms with Gasteiger partial charge < -0.3 is 9.73 Å². The number of nitrogens with one attached hydrogen (secondary N) is 1. The maximum absolute atomic E-state index is 12.0. The van der Waals surface area contributed by atoms with Crippen LogP contribution in [0.3, 0.4) is 0 Å². The molecule has 0 radical (unpaired) electrons. The Labute approximate surface area is 113 Å². The highest BCUT2D eigenvalue weighted by molar-refractivity contribution is 9.09. The second-order valence-electron chi connectivity index (χ2n) is 4.35. The zero-order valence-corrected chi connectivity index (χ0v) is 11.2. The Morgan fingerprint density at radius 3 is 2.89 bits per heavy atom. The van der Waals surface area contributed by atoms with E-state index in [0.29, 0.717) is 5.76 Å². The maximum atomic E-state index is 12.0. The molecule has 1 amide bonds. The van der Waals surface area contributed by atoms with Gasteiger partial charge in [0.1, 0.15) is 0 Å². The molecule has 1 aliphatic carbocycles. The van der Waals surface area contributed by atoms with Gasteiger partial charge >= 0.3 is 0 Å². The number of furan rings is 1. The van der Waals surface area contributed by atoms with Crippen LogP contribution in [-0.4, -0.2) is 10.7 Å². The summed E-state index contributed by atoms with van der Waals surface area (Å²) in [5.74, 6) is 0.172. The zero-order chi connectivity index (χ0) is 12.5. The fourth-order valence-corrected chi connectivity index (χ4v) is 3.10. The Bertz CT molecular complexity index is 565. The third-order valence-corrected chi connectivity index (χ3v) is 4.05. The standard InChI is InChI=1S/C14H12BrNO2/c15-11-8-9-4-1-2-5-10(9)13(11)16-14(17)12-6-3-7-18-12/h1-7,11,13H,8H2,(H,16,17). The molecular weight excluding hydrogens is 294 g/mol. The minimum atomic E-state index is -0.175. The van der Waals surface area contributed by atoms with Gasteiger partial charge in [0.2, 0.25) is 0 Å². The molecule has 2 unspecified atom stereocenters. The van der Waals surface area contributed by atoms with Crippen LogP contribution < -0.4 is 5.32 Å². The van der Waals surface area contributed by atoms with E-state index >= 15 is 0 Å². The van der Waals surface area contributed by atoms with Crippen LogP contribution in [0, 0.1) is 0 Å². The summed E-state index contributed by atoms with van der Waals surface area (Å²) in [4.78, 5) is 12.2. The number of carbonyl (C=O) groups excluding carboxylic acids is 1. The van der Waals surface area contributed by atoms with Crippen molar-refractivity contribution in [2.75, 3.05) is 0 Å². The molecule has 18 heavy (non-hydrogen) atoms. The van der Waals surface area contributed by atoms with Crippen molar-refractivity contribution >= 4 is 21.8 Å². The highest BCUT2D eigenvalue weighted by atomic mass is 79.9. The zero-order valence-electron chi connectivity index (χ0n) is 9.60. The van der Waals surface area contributed by atoms with Gasteiger partial charge in [-0.2, -0.15) is 0 Å². The van der Waals surface area contributed by atoms with Crippen LogP contribution in [0.15, 0.2) is 47.1 Å². The van der Waals surface area contributed by atoms with Gasteiger partial charge in [0.25, 0.3) is 5.91 Å². The third-order valence-electron chi connectivity index (χ3n) is 3.20. The van der Waals surface area contributed by atoms with Crippen molar-refractivity contribution in [3.05, 3.63) is 59.5 Å². The van der Waals surface area contributed by atoms with Crippen LogP contribution in [0.25, 0.3) is 0 Å². The number of carbonyl (C=O) groups is 1. The summed E-state index contributed by atoms with van der Waals surface area (Å²) in [6.07, 6.45) is 2.43. The molecule has 0 spiro atoms. The first-order chi connectivity index (χ1) is 8.75. The lowest BCUT2D eigenvalue weighted by Gasteiger charge is -2.16. The molecular formula is C14H12BrNO2. The van der Waals surface area contributed by atoms with E-state index in [4.69, 9.17) is 4.42 Å². The molecule has 0 fully saturated rings. The molecule has 1 N–H and O–H groups in total. The van der Waals surface area contributed by atoms with E-state index in [9.17, 15) is 4.79 Å². The molecule has 0 aliphatic heterocycles. The molecule has 0 saturated carbocycles.